The van der Waals surface area contributed by atoms with Gasteiger partial charge in [0.25, 0.3) is 0 Å². The van der Waals surface area contributed by atoms with Gasteiger partial charge in [-0.2, -0.15) is 0 Å². The molecule has 19 heavy (non-hydrogen) atoms. The maximum Gasteiger partial charge on any atom is 0.142 e. The van der Waals surface area contributed by atoms with Crippen LogP contribution in [0.5, 0.6) is 0 Å². The highest BCUT2D eigenvalue weighted by Gasteiger charge is 2.40. The van der Waals surface area contributed by atoms with Crippen molar-refractivity contribution < 1.29 is 4.39 Å². The largest absolute Gasteiger partial charge is 0.271 e. The van der Waals surface area contributed by atoms with Crippen molar-refractivity contribution in [3.05, 3.63) is 34.1 Å². The lowest BCUT2D eigenvalue weighted by Crippen LogP contribution is -2.31. The number of fused-ring (bicyclic) bond motifs is 2. The molecule has 0 amide bonds. The molecule has 0 radical (unpaired) electrons. The van der Waals surface area contributed by atoms with Gasteiger partial charge in [0.2, 0.25) is 0 Å². The van der Waals surface area contributed by atoms with Gasteiger partial charge in [-0.15, -0.1) is 0 Å². The summed E-state index contributed by atoms with van der Waals surface area (Å²) >= 11 is 3.25. The Morgan fingerprint density at radius 3 is 2.84 bits per heavy atom. The average molecular weight is 327 g/mol. The fourth-order valence-corrected chi connectivity index (χ4v) is 4.42. The first kappa shape index (κ1) is 13.5. The Morgan fingerprint density at radius 1 is 1.37 bits per heavy atom. The van der Waals surface area contributed by atoms with Crippen molar-refractivity contribution in [3.8, 4) is 0 Å². The third-order valence-corrected chi connectivity index (χ3v) is 5.59. The number of hydrazine groups is 1. The molecular formula is C15H20BrFN2. The Morgan fingerprint density at radius 2 is 2.21 bits per heavy atom. The smallest absolute Gasteiger partial charge is 0.142 e. The molecule has 3 N–H and O–H groups in total. The third-order valence-electron chi connectivity index (χ3n) is 4.98. The molecule has 2 saturated carbocycles. The van der Waals surface area contributed by atoms with Crippen molar-refractivity contribution in [1.82, 2.24) is 5.43 Å². The SMILES string of the molecule is NNC(CC1CC2CCC1C2)c1cccc(Br)c1F. The van der Waals surface area contributed by atoms with Gasteiger partial charge >= 0.3 is 0 Å². The zero-order valence-electron chi connectivity index (χ0n) is 10.9. The molecule has 4 heteroatoms. The summed E-state index contributed by atoms with van der Waals surface area (Å²) in [6.07, 6.45) is 6.38. The topological polar surface area (TPSA) is 38.0 Å². The van der Waals surface area contributed by atoms with Gasteiger partial charge in [0.05, 0.1) is 4.47 Å². The van der Waals surface area contributed by atoms with Crippen LogP contribution in [0.3, 0.4) is 0 Å². The average Bonchev–Trinajstić information content (AvgIpc) is 3.02. The van der Waals surface area contributed by atoms with E-state index in [9.17, 15) is 4.39 Å². The van der Waals surface area contributed by atoms with E-state index < -0.39 is 0 Å². The Kier molecular flexibility index (Phi) is 3.92. The number of benzene rings is 1. The predicted octanol–water partition coefficient (Wildman–Crippen LogP) is 3.92. The molecular weight excluding hydrogens is 307 g/mol. The second-order valence-electron chi connectivity index (χ2n) is 6.03. The van der Waals surface area contributed by atoms with E-state index in [0.29, 0.717) is 16.0 Å². The lowest BCUT2D eigenvalue weighted by Gasteiger charge is -2.27. The van der Waals surface area contributed by atoms with E-state index in [-0.39, 0.29) is 11.9 Å². The molecule has 0 aliphatic heterocycles. The molecule has 4 atom stereocenters. The molecule has 2 nitrogen and oxygen atoms in total. The second kappa shape index (κ2) is 5.51. The summed E-state index contributed by atoms with van der Waals surface area (Å²) in [6.45, 7) is 0. The third kappa shape index (κ3) is 2.58. The summed E-state index contributed by atoms with van der Waals surface area (Å²) in [5, 5.41) is 0. The maximum atomic E-state index is 14.2. The van der Waals surface area contributed by atoms with Crippen molar-refractivity contribution in [2.24, 2.45) is 23.6 Å². The first-order valence-corrected chi connectivity index (χ1v) is 7.88. The second-order valence-corrected chi connectivity index (χ2v) is 6.89. The molecule has 0 heterocycles. The summed E-state index contributed by atoms with van der Waals surface area (Å²) in [4.78, 5) is 0. The van der Waals surface area contributed by atoms with Crippen LogP contribution in [0.25, 0.3) is 0 Å². The number of nitrogens with two attached hydrogens (primary N) is 1. The monoisotopic (exact) mass is 326 g/mol. The van der Waals surface area contributed by atoms with Gasteiger partial charge in [0.1, 0.15) is 5.82 Å². The molecule has 3 rings (SSSR count). The van der Waals surface area contributed by atoms with E-state index in [2.05, 4.69) is 21.4 Å². The highest BCUT2D eigenvalue weighted by Crippen LogP contribution is 2.51. The van der Waals surface area contributed by atoms with Crippen LogP contribution in [-0.4, -0.2) is 0 Å². The van der Waals surface area contributed by atoms with Crippen LogP contribution in [0.1, 0.15) is 43.7 Å². The minimum absolute atomic E-state index is 0.0816. The van der Waals surface area contributed by atoms with Gasteiger partial charge in [-0.25, -0.2) is 4.39 Å². The molecule has 0 spiro atoms. The van der Waals surface area contributed by atoms with Crippen molar-refractivity contribution in [2.45, 2.75) is 38.1 Å². The van der Waals surface area contributed by atoms with Gasteiger partial charge in [0.15, 0.2) is 0 Å². The van der Waals surface area contributed by atoms with E-state index in [1.54, 1.807) is 6.07 Å². The Balaban J connectivity index is 1.75. The molecule has 2 bridgehead atoms. The summed E-state index contributed by atoms with van der Waals surface area (Å²) < 4.78 is 14.7. The zero-order chi connectivity index (χ0) is 13.4. The minimum Gasteiger partial charge on any atom is -0.271 e. The summed E-state index contributed by atoms with van der Waals surface area (Å²) in [7, 11) is 0. The number of nitrogens with one attached hydrogen (secondary N) is 1. The van der Waals surface area contributed by atoms with Gasteiger partial charge in [-0.3, -0.25) is 11.3 Å². The number of rotatable bonds is 4. The van der Waals surface area contributed by atoms with Crippen LogP contribution in [-0.2, 0) is 0 Å². The van der Waals surface area contributed by atoms with Gasteiger partial charge in [-0.1, -0.05) is 18.6 Å². The van der Waals surface area contributed by atoms with Crippen LogP contribution >= 0.6 is 15.9 Å². The molecule has 0 aromatic heterocycles. The van der Waals surface area contributed by atoms with E-state index in [4.69, 9.17) is 5.84 Å². The van der Waals surface area contributed by atoms with Crippen LogP contribution in [0.2, 0.25) is 0 Å². The van der Waals surface area contributed by atoms with E-state index >= 15 is 0 Å². The molecule has 2 aliphatic rings. The zero-order valence-corrected chi connectivity index (χ0v) is 12.5. The molecule has 4 unspecified atom stereocenters. The predicted molar refractivity (Wildman–Crippen MR) is 77.7 cm³/mol. The van der Waals surface area contributed by atoms with Crippen LogP contribution < -0.4 is 11.3 Å². The minimum atomic E-state index is -0.186. The van der Waals surface area contributed by atoms with E-state index in [0.717, 1.165) is 18.3 Å². The first-order chi connectivity index (χ1) is 9.19. The molecule has 104 valence electrons. The molecule has 2 aliphatic carbocycles. The van der Waals surface area contributed by atoms with Gasteiger partial charge in [-0.05, 0) is 65.4 Å². The molecule has 0 saturated heterocycles. The first-order valence-electron chi connectivity index (χ1n) is 7.09. The molecule has 2 fully saturated rings. The number of halogens is 2. The van der Waals surface area contributed by atoms with Crippen LogP contribution in [0.4, 0.5) is 4.39 Å². The van der Waals surface area contributed by atoms with Crippen molar-refractivity contribution in [1.29, 1.82) is 0 Å². The van der Waals surface area contributed by atoms with Crippen LogP contribution in [0.15, 0.2) is 22.7 Å². The van der Waals surface area contributed by atoms with E-state index in [1.165, 1.54) is 25.7 Å². The fourth-order valence-electron chi connectivity index (χ4n) is 4.04. The quantitative estimate of drug-likeness (QED) is 0.650. The summed E-state index contributed by atoms with van der Waals surface area (Å²) in [6, 6.07) is 5.34. The molecule has 1 aromatic carbocycles. The van der Waals surface area contributed by atoms with Gasteiger partial charge < -0.3 is 0 Å². The lowest BCUT2D eigenvalue weighted by molar-refractivity contribution is 0.277. The number of hydrogen-bond donors (Lipinski definition) is 2. The van der Waals surface area contributed by atoms with Crippen molar-refractivity contribution in [3.63, 3.8) is 0 Å². The van der Waals surface area contributed by atoms with Gasteiger partial charge in [0, 0.05) is 11.6 Å². The normalized spacial score (nSPS) is 30.8. The molecule has 1 aromatic rings. The van der Waals surface area contributed by atoms with Crippen LogP contribution in [0, 0.1) is 23.6 Å². The number of hydrogen-bond acceptors (Lipinski definition) is 2. The highest BCUT2D eigenvalue weighted by atomic mass is 79.9. The Hall–Kier alpha value is -0.450. The Bertz CT molecular complexity index is 465. The van der Waals surface area contributed by atoms with E-state index in [1.807, 2.05) is 12.1 Å². The summed E-state index contributed by atoms with van der Waals surface area (Å²) in [5.41, 5.74) is 3.49. The lowest BCUT2D eigenvalue weighted by atomic mass is 9.83. The summed E-state index contributed by atoms with van der Waals surface area (Å²) in [5.74, 6) is 7.95. The highest BCUT2D eigenvalue weighted by molar-refractivity contribution is 9.10. The van der Waals surface area contributed by atoms with Crippen molar-refractivity contribution >= 4 is 15.9 Å². The Labute approximate surface area is 122 Å². The maximum absolute atomic E-state index is 14.2. The van der Waals surface area contributed by atoms with Crippen molar-refractivity contribution in [2.75, 3.05) is 0 Å². The fraction of sp³-hybridized carbons (Fsp3) is 0.600. The standard InChI is InChI=1S/C15H20BrFN2/c16-13-3-1-2-12(15(13)17)14(19-18)8-11-7-9-4-5-10(11)6-9/h1-3,9-11,14,19H,4-8,18H2.